The van der Waals surface area contributed by atoms with Crippen LogP contribution in [-0.2, 0) is 20.7 Å². The summed E-state index contributed by atoms with van der Waals surface area (Å²) in [5, 5.41) is 16.2. The summed E-state index contributed by atoms with van der Waals surface area (Å²) < 4.78 is 34.7. The number of nitrogens with one attached hydrogen (secondary N) is 2. The number of carbonyl (C=O) groups is 3. The molecule has 6 rings (SSSR count). The van der Waals surface area contributed by atoms with E-state index in [2.05, 4.69) is 30.9 Å². The van der Waals surface area contributed by atoms with Crippen molar-refractivity contribution in [3.63, 3.8) is 0 Å². The molecule has 14 heteroatoms. The van der Waals surface area contributed by atoms with Crippen LogP contribution in [0.25, 0.3) is 22.9 Å². The molecule has 0 bridgehead atoms. The van der Waals surface area contributed by atoms with Gasteiger partial charge in [-0.25, -0.2) is 13.6 Å². The Kier molecular flexibility index (Phi) is 9.21. The number of hydrogen-bond donors (Lipinski definition) is 2. The molecule has 2 N–H and O–H groups in total. The molecule has 0 aliphatic carbocycles. The van der Waals surface area contributed by atoms with E-state index in [-0.39, 0.29) is 22.8 Å². The summed E-state index contributed by atoms with van der Waals surface area (Å²) in [4.78, 5) is 40.8. The number of fused-ring (bicyclic) bond motifs is 1. The van der Waals surface area contributed by atoms with Gasteiger partial charge < -0.3 is 15.0 Å². The zero-order valence-electron chi connectivity index (χ0n) is 25.2. The summed E-state index contributed by atoms with van der Waals surface area (Å²) in [7, 11) is 1.27. The first-order valence-electron chi connectivity index (χ1n) is 14.6. The second-order valence-corrected chi connectivity index (χ2v) is 11.0. The van der Waals surface area contributed by atoms with Crippen LogP contribution in [0.1, 0.15) is 22.7 Å². The molecule has 1 aliphatic heterocycles. The number of anilines is 2. The van der Waals surface area contributed by atoms with Gasteiger partial charge >= 0.3 is 6.09 Å². The van der Waals surface area contributed by atoms with Gasteiger partial charge in [0.2, 0.25) is 5.91 Å². The van der Waals surface area contributed by atoms with Gasteiger partial charge in [-0.1, -0.05) is 41.9 Å². The molecule has 0 spiro atoms. The molecule has 3 amide bonds. The Morgan fingerprint density at radius 3 is 2.40 bits per heavy atom. The number of rotatable bonds is 7. The number of carbonyl (C=O) groups excluding carboxylic acids is 3. The van der Waals surface area contributed by atoms with E-state index in [0.717, 1.165) is 16.7 Å². The van der Waals surface area contributed by atoms with Crippen LogP contribution in [0.5, 0.6) is 0 Å². The van der Waals surface area contributed by atoms with Gasteiger partial charge in [0.05, 0.1) is 17.8 Å². The Morgan fingerprint density at radius 1 is 0.958 bits per heavy atom. The van der Waals surface area contributed by atoms with Crippen LogP contribution in [0.4, 0.5) is 25.0 Å². The largest absolute Gasteiger partial charge is 0.453 e. The van der Waals surface area contributed by atoms with Crippen LogP contribution in [0.3, 0.4) is 0 Å². The Balaban J connectivity index is 1.36. The average Bonchev–Trinajstić information content (AvgIpc) is 3.64. The lowest BCUT2D eigenvalue weighted by molar-refractivity contribution is -0.135. The number of aromatic nitrogens is 4. The van der Waals surface area contributed by atoms with Gasteiger partial charge in [-0.05, 0) is 93.7 Å². The van der Waals surface area contributed by atoms with Crippen molar-refractivity contribution in [2.45, 2.75) is 12.5 Å². The normalized spacial score (nSPS) is 14.0. The van der Waals surface area contributed by atoms with Crippen molar-refractivity contribution in [1.82, 2.24) is 25.1 Å². The van der Waals surface area contributed by atoms with Crippen molar-refractivity contribution in [3.05, 3.63) is 125 Å². The summed E-state index contributed by atoms with van der Waals surface area (Å²) in [6.07, 6.45) is 3.52. The number of methoxy groups -OCH3 is 1. The van der Waals surface area contributed by atoms with Gasteiger partial charge in [-0.3, -0.25) is 14.9 Å². The van der Waals surface area contributed by atoms with Crippen molar-refractivity contribution in [2.75, 3.05) is 24.3 Å². The van der Waals surface area contributed by atoms with E-state index in [1.165, 1.54) is 71.6 Å². The third kappa shape index (κ3) is 6.62. The predicted molar refractivity (Wildman–Crippen MR) is 174 cm³/mol. The second kappa shape index (κ2) is 13.8. The standard InChI is InChI=1S/C34H26ClF2N7O4/c1-48-34(47)40-23-9-5-20(6-10-23)24-3-2-4-26-25(24)17-18-43(32(26)33(46)39-22-11-7-21(36)8-12-22)30(45)16-13-27-29(44-19-38-41-42-44)15-14-28(35)31(27)37/h2-16,19,32H,17-18H2,1H3,(H,39,46)(H,40,47)/b16-13+. The van der Waals surface area contributed by atoms with E-state index in [0.29, 0.717) is 23.4 Å². The predicted octanol–water partition coefficient (Wildman–Crippen LogP) is 6.22. The first-order valence-corrected chi connectivity index (χ1v) is 14.9. The average molecular weight is 670 g/mol. The molecule has 0 radical (unpaired) electrons. The van der Waals surface area contributed by atoms with Crippen LogP contribution >= 0.6 is 11.6 Å². The van der Waals surface area contributed by atoms with Crippen molar-refractivity contribution in [2.24, 2.45) is 0 Å². The van der Waals surface area contributed by atoms with Gasteiger partial charge in [-0.15, -0.1) is 5.10 Å². The molecule has 48 heavy (non-hydrogen) atoms. The third-order valence-corrected chi connectivity index (χ3v) is 8.08. The molecule has 0 saturated carbocycles. The summed E-state index contributed by atoms with van der Waals surface area (Å²) in [5.41, 5.74) is 4.19. The summed E-state index contributed by atoms with van der Waals surface area (Å²) in [5.74, 6) is -2.33. The minimum absolute atomic E-state index is 0.0275. The molecule has 1 atom stereocenters. The molecule has 1 aliphatic rings. The molecular weight excluding hydrogens is 644 g/mol. The number of amides is 3. The fraction of sp³-hybridized carbons (Fsp3) is 0.118. The minimum Gasteiger partial charge on any atom is -0.453 e. The van der Waals surface area contributed by atoms with Gasteiger partial charge in [0.1, 0.15) is 18.2 Å². The topological polar surface area (TPSA) is 131 Å². The highest BCUT2D eigenvalue weighted by Gasteiger charge is 2.36. The molecule has 2 heterocycles. The first-order chi connectivity index (χ1) is 23.2. The van der Waals surface area contributed by atoms with Crippen LogP contribution in [0, 0.1) is 11.6 Å². The highest BCUT2D eigenvalue weighted by Crippen LogP contribution is 2.37. The fourth-order valence-electron chi connectivity index (χ4n) is 5.54. The Bertz CT molecular complexity index is 2020. The lowest BCUT2D eigenvalue weighted by Crippen LogP contribution is -2.45. The number of nitrogens with zero attached hydrogens (tertiary/aromatic N) is 5. The molecule has 242 valence electrons. The van der Waals surface area contributed by atoms with E-state index in [1.54, 1.807) is 24.3 Å². The van der Waals surface area contributed by atoms with Crippen molar-refractivity contribution in [1.29, 1.82) is 0 Å². The summed E-state index contributed by atoms with van der Waals surface area (Å²) in [6, 6.07) is 19.6. The maximum atomic E-state index is 15.2. The maximum Gasteiger partial charge on any atom is 0.411 e. The van der Waals surface area contributed by atoms with E-state index in [4.69, 9.17) is 11.6 Å². The van der Waals surface area contributed by atoms with Gasteiger partial charge in [-0.2, -0.15) is 4.68 Å². The van der Waals surface area contributed by atoms with Crippen LogP contribution in [0.15, 0.2) is 91.3 Å². The number of halogens is 3. The Labute approximate surface area is 277 Å². The zero-order valence-corrected chi connectivity index (χ0v) is 26.0. The van der Waals surface area contributed by atoms with E-state index >= 15 is 4.39 Å². The zero-order chi connectivity index (χ0) is 33.8. The second-order valence-electron chi connectivity index (χ2n) is 10.6. The third-order valence-electron chi connectivity index (χ3n) is 7.79. The summed E-state index contributed by atoms with van der Waals surface area (Å²) >= 11 is 6.06. The SMILES string of the molecule is COC(=O)Nc1ccc(-c2cccc3c2CCN(C(=O)/C=C/c2c(-n4cnnn4)ccc(Cl)c2F)C3C(=O)Nc2ccc(F)cc2)cc1. The lowest BCUT2D eigenvalue weighted by atomic mass is 9.86. The highest BCUT2D eigenvalue weighted by molar-refractivity contribution is 6.31. The van der Waals surface area contributed by atoms with Crippen LogP contribution < -0.4 is 10.6 Å². The number of hydrogen-bond acceptors (Lipinski definition) is 7. The highest BCUT2D eigenvalue weighted by atomic mass is 35.5. The molecule has 0 fully saturated rings. The van der Waals surface area contributed by atoms with Gasteiger partial charge in [0.25, 0.3) is 5.91 Å². The van der Waals surface area contributed by atoms with Crippen molar-refractivity contribution >= 4 is 47.0 Å². The van der Waals surface area contributed by atoms with Crippen LogP contribution in [-0.4, -0.2) is 56.7 Å². The smallest absolute Gasteiger partial charge is 0.411 e. The van der Waals surface area contributed by atoms with Gasteiger partial charge in [0.15, 0.2) is 5.82 Å². The molecule has 11 nitrogen and oxygen atoms in total. The molecular formula is C34H26ClF2N7O4. The lowest BCUT2D eigenvalue weighted by Gasteiger charge is -2.36. The first kappa shape index (κ1) is 32.0. The molecule has 4 aromatic carbocycles. The number of tetrazole rings is 1. The maximum absolute atomic E-state index is 15.2. The minimum atomic E-state index is -1.10. The van der Waals surface area contributed by atoms with E-state index in [1.807, 2.05) is 18.2 Å². The molecule has 1 unspecified atom stereocenters. The van der Waals surface area contributed by atoms with Gasteiger partial charge in [0, 0.05) is 29.6 Å². The fourth-order valence-corrected chi connectivity index (χ4v) is 5.71. The molecule has 5 aromatic rings. The Morgan fingerprint density at radius 2 is 1.69 bits per heavy atom. The van der Waals surface area contributed by atoms with E-state index < -0.39 is 35.6 Å². The Hall–Kier alpha value is -5.95. The van der Waals surface area contributed by atoms with Crippen molar-refractivity contribution < 1.29 is 27.9 Å². The number of ether oxygens (including phenoxy) is 1. The monoisotopic (exact) mass is 669 g/mol. The van der Waals surface area contributed by atoms with Crippen molar-refractivity contribution in [3.8, 4) is 16.8 Å². The molecule has 0 saturated heterocycles. The summed E-state index contributed by atoms with van der Waals surface area (Å²) in [6.45, 7) is 0.147. The molecule has 1 aromatic heterocycles. The number of benzene rings is 4. The van der Waals surface area contributed by atoms with E-state index in [9.17, 15) is 18.8 Å². The quantitative estimate of drug-likeness (QED) is 0.197. The van der Waals surface area contributed by atoms with Crippen LogP contribution in [0.2, 0.25) is 5.02 Å².